The third kappa shape index (κ3) is 3.65. The van der Waals surface area contributed by atoms with Crippen LogP contribution in [0.15, 0.2) is 47.8 Å². The number of ether oxygens (including phenoxy) is 2. The minimum Gasteiger partial charge on any atom is -0.508 e. The molecule has 0 spiro atoms. The van der Waals surface area contributed by atoms with Crippen molar-refractivity contribution in [2.24, 2.45) is 0 Å². The Balaban J connectivity index is 2.20. The summed E-state index contributed by atoms with van der Waals surface area (Å²) in [7, 11) is 2.86. The van der Waals surface area contributed by atoms with E-state index in [4.69, 9.17) is 9.47 Å². The summed E-state index contributed by atoms with van der Waals surface area (Å²) in [5.41, 5.74) is 1.53. The first kappa shape index (κ1) is 15.2. The van der Waals surface area contributed by atoms with Gasteiger partial charge in [0.2, 0.25) is 0 Å². The zero-order chi connectivity index (χ0) is 15.5. The molecule has 0 fully saturated rings. The third-order valence-corrected chi connectivity index (χ3v) is 3.21. The maximum Gasteiger partial charge on any atom is 0.192 e. The predicted molar refractivity (Wildman–Crippen MR) is 79.1 cm³/mol. The minimum absolute atomic E-state index is 0.0477. The molecule has 3 N–H and O–H groups in total. The second-order valence-electron chi connectivity index (χ2n) is 4.78. The van der Waals surface area contributed by atoms with Crippen molar-refractivity contribution in [3.63, 3.8) is 0 Å². The lowest BCUT2D eigenvalue weighted by molar-refractivity contribution is -0.146. The fourth-order valence-corrected chi connectivity index (χ4v) is 2.10. The van der Waals surface area contributed by atoms with Gasteiger partial charge in [-0.15, -0.1) is 0 Å². The molecule has 1 aliphatic rings. The average Bonchev–Trinajstić information content (AvgIpc) is 2.45. The molecule has 0 aromatic heterocycles. The number of aliphatic hydroxyl groups excluding tert-OH is 1. The molecule has 0 saturated carbocycles. The van der Waals surface area contributed by atoms with Gasteiger partial charge in [0.15, 0.2) is 17.3 Å². The molecule has 1 aliphatic carbocycles. The number of hydrogen-bond donors (Lipinski definition) is 3. The van der Waals surface area contributed by atoms with Crippen LogP contribution in [0.2, 0.25) is 0 Å². The van der Waals surface area contributed by atoms with E-state index in [9.17, 15) is 15.3 Å². The van der Waals surface area contributed by atoms with Gasteiger partial charge in [0.25, 0.3) is 0 Å². The quantitative estimate of drug-likeness (QED) is 0.743. The van der Waals surface area contributed by atoms with Crippen molar-refractivity contribution in [2.75, 3.05) is 14.2 Å². The molecule has 1 aromatic rings. The minimum atomic E-state index is -1.49. The first-order valence-electron chi connectivity index (χ1n) is 6.41. The zero-order valence-electron chi connectivity index (χ0n) is 11.9. The van der Waals surface area contributed by atoms with Gasteiger partial charge < -0.3 is 24.8 Å². The Kier molecular flexibility index (Phi) is 4.35. The van der Waals surface area contributed by atoms with Crippen molar-refractivity contribution in [3.8, 4) is 11.5 Å². The number of benzene rings is 1. The Morgan fingerprint density at radius 3 is 2.62 bits per heavy atom. The van der Waals surface area contributed by atoms with Crippen molar-refractivity contribution >= 4 is 6.08 Å². The van der Waals surface area contributed by atoms with E-state index in [-0.39, 0.29) is 17.9 Å². The Hall–Kier alpha value is -2.24. The van der Waals surface area contributed by atoms with E-state index in [1.165, 1.54) is 26.4 Å². The number of aromatic hydroxyl groups is 1. The molecule has 21 heavy (non-hydrogen) atoms. The highest BCUT2D eigenvalue weighted by atomic mass is 16.6. The SMILES string of the molecule is COc1cc(C=CC2=CC(O)=CC(O)(OC)C2)ccc1O. The van der Waals surface area contributed by atoms with Crippen LogP contribution in [0.5, 0.6) is 11.5 Å². The number of phenols is 1. The highest BCUT2D eigenvalue weighted by Crippen LogP contribution is 2.29. The molecular formula is C16H18O5. The summed E-state index contributed by atoms with van der Waals surface area (Å²) in [6, 6.07) is 4.96. The standard InChI is InChI=1S/C16H18O5/c1-20-15-8-11(5-6-14(15)18)3-4-12-7-13(17)10-16(19,9-12)21-2/h3-8,10,17-19H,9H2,1-2H3. The van der Waals surface area contributed by atoms with Gasteiger partial charge in [0, 0.05) is 19.6 Å². The van der Waals surface area contributed by atoms with Crippen molar-refractivity contribution in [3.05, 3.63) is 53.3 Å². The van der Waals surface area contributed by atoms with E-state index < -0.39 is 5.79 Å². The van der Waals surface area contributed by atoms with E-state index in [0.717, 1.165) is 5.56 Å². The van der Waals surface area contributed by atoms with Crippen molar-refractivity contribution in [1.29, 1.82) is 0 Å². The van der Waals surface area contributed by atoms with Crippen LogP contribution in [-0.4, -0.2) is 35.3 Å². The molecule has 1 unspecified atom stereocenters. The average molecular weight is 290 g/mol. The predicted octanol–water partition coefficient (Wildman–Crippen LogP) is 2.52. The van der Waals surface area contributed by atoms with Gasteiger partial charge in [-0.2, -0.15) is 0 Å². The van der Waals surface area contributed by atoms with Crippen LogP contribution in [-0.2, 0) is 4.74 Å². The van der Waals surface area contributed by atoms with Crippen LogP contribution in [0.3, 0.4) is 0 Å². The number of rotatable bonds is 4. The van der Waals surface area contributed by atoms with Gasteiger partial charge in [-0.05, 0) is 29.3 Å². The van der Waals surface area contributed by atoms with Crippen molar-refractivity contribution in [1.82, 2.24) is 0 Å². The maximum atomic E-state index is 10.1. The van der Waals surface area contributed by atoms with Gasteiger partial charge in [-0.1, -0.05) is 18.2 Å². The number of methoxy groups -OCH3 is 2. The van der Waals surface area contributed by atoms with Gasteiger partial charge in [0.05, 0.1) is 7.11 Å². The molecule has 0 radical (unpaired) electrons. The summed E-state index contributed by atoms with van der Waals surface area (Å²) >= 11 is 0. The molecular weight excluding hydrogens is 272 g/mol. The summed E-state index contributed by atoms with van der Waals surface area (Å²) in [5.74, 6) is -1.09. The number of hydrogen-bond acceptors (Lipinski definition) is 5. The van der Waals surface area contributed by atoms with E-state index >= 15 is 0 Å². The molecule has 0 heterocycles. The van der Waals surface area contributed by atoms with Crippen LogP contribution >= 0.6 is 0 Å². The molecule has 0 bridgehead atoms. The summed E-state index contributed by atoms with van der Waals surface area (Å²) in [4.78, 5) is 0. The zero-order valence-corrected chi connectivity index (χ0v) is 11.9. The lowest BCUT2D eigenvalue weighted by atomic mass is 9.97. The second-order valence-corrected chi connectivity index (χ2v) is 4.78. The Morgan fingerprint density at radius 2 is 1.95 bits per heavy atom. The topological polar surface area (TPSA) is 79.2 Å². The molecule has 1 aromatic carbocycles. The smallest absolute Gasteiger partial charge is 0.192 e. The molecule has 5 nitrogen and oxygen atoms in total. The van der Waals surface area contributed by atoms with E-state index in [0.29, 0.717) is 11.3 Å². The fraction of sp³-hybridized carbons (Fsp3) is 0.250. The molecule has 2 rings (SSSR count). The van der Waals surface area contributed by atoms with Crippen molar-refractivity contribution in [2.45, 2.75) is 12.2 Å². The molecule has 0 aliphatic heterocycles. The summed E-state index contributed by atoms with van der Waals surface area (Å²) in [5, 5.41) is 29.2. The van der Waals surface area contributed by atoms with Gasteiger partial charge in [-0.25, -0.2) is 0 Å². The molecule has 0 amide bonds. The van der Waals surface area contributed by atoms with Gasteiger partial charge in [0.1, 0.15) is 5.76 Å². The van der Waals surface area contributed by atoms with Gasteiger partial charge in [-0.3, -0.25) is 0 Å². The van der Waals surface area contributed by atoms with E-state index in [1.54, 1.807) is 30.4 Å². The molecule has 5 heteroatoms. The number of aliphatic hydroxyl groups is 2. The molecule has 0 saturated heterocycles. The lowest BCUT2D eigenvalue weighted by Gasteiger charge is -2.26. The fourth-order valence-electron chi connectivity index (χ4n) is 2.10. The normalized spacial score (nSPS) is 22.0. The summed E-state index contributed by atoms with van der Waals surface area (Å²) in [6.07, 6.45) is 6.61. The van der Waals surface area contributed by atoms with Crippen molar-refractivity contribution < 1.29 is 24.8 Å². The first-order valence-corrected chi connectivity index (χ1v) is 6.41. The first-order chi connectivity index (χ1) is 9.95. The monoisotopic (exact) mass is 290 g/mol. The van der Waals surface area contributed by atoms with Crippen LogP contribution in [0.1, 0.15) is 12.0 Å². The largest absolute Gasteiger partial charge is 0.508 e. The molecule has 112 valence electrons. The van der Waals surface area contributed by atoms with Gasteiger partial charge >= 0.3 is 0 Å². The highest BCUT2D eigenvalue weighted by molar-refractivity contribution is 5.58. The Labute approximate surface area is 123 Å². The lowest BCUT2D eigenvalue weighted by Crippen LogP contribution is -2.31. The summed E-state index contributed by atoms with van der Waals surface area (Å²) in [6.45, 7) is 0. The van der Waals surface area contributed by atoms with E-state index in [2.05, 4.69) is 0 Å². The summed E-state index contributed by atoms with van der Waals surface area (Å²) < 4.78 is 10.0. The van der Waals surface area contributed by atoms with E-state index in [1.807, 2.05) is 0 Å². The number of phenolic OH excluding ortho intramolecular Hbond substituents is 1. The van der Waals surface area contributed by atoms with Crippen LogP contribution < -0.4 is 4.74 Å². The second kappa shape index (κ2) is 6.03. The number of allylic oxidation sites excluding steroid dienone is 2. The van der Waals surface area contributed by atoms with Crippen LogP contribution in [0.4, 0.5) is 0 Å². The Bertz CT molecular complexity index is 615. The Morgan fingerprint density at radius 1 is 1.19 bits per heavy atom. The van der Waals surface area contributed by atoms with Crippen LogP contribution in [0, 0.1) is 0 Å². The maximum absolute atomic E-state index is 10.1. The van der Waals surface area contributed by atoms with Crippen LogP contribution in [0.25, 0.3) is 6.08 Å². The highest BCUT2D eigenvalue weighted by Gasteiger charge is 2.28. The molecule has 1 atom stereocenters. The third-order valence-electron chi connectivity index (χ3n) is 3.21.